The van der Waals surface area contributed by atoms with Crippen molar-refractivity contribution >= 4 is 5.97 Å². The van der Waals surface area contributed by atoms with Crippen LogP contribution in [0.4, 0.5) is 13.2 Å². The molecule has 0 amide bonds. The summed E-state index contributed by atoms with van der Waals surface area (Å²) >= 11 is 0. The topological polar surface area (TPSA) is 35.5 Å². The number of hydrogen-bond acceptors (Lipinski definition) is 3. The molecule has 0 aliphatic rings. The SMILES string of the molecule is COC(=O)c1c(F)cc(-c2ccc(OC)cc2)c(F)c1F. The first kappa shape index (κ1) is 14.9. The molecule has 21 heavy (non-hydrogen) atoms. The van der Waals surface area contributed by atoms with Crippen LogP contribution in [0.3, 0.4) is 0 Å². The van der Waals surface area contributed by atoms with E-state index in [-0.39, 0.29) is 11.1 Å². The molecule has 0 heterocycles. The van der Waals surface area contributed by atoms with Gasteiger partial charge >= 0.3 is 5.97 Å². The third kappa shape index (κ3) is 2.69. The Balaban J connectivity index is 2.58. The zero-order chi connectivity index (χ0) is 15.6. The smallest absolute Gasteiger partial charge is 0.343 e. The highest BCUT2D eigenvalue weighted by atomic mass is 19.2. The molecule has 0 fully saturated rings. The number of carbonyl (C=O) groups excluding carboxylic acids is 1. The number of benzene rings is 2. The summed E-state index contributed by atoms with van der Waals surface area (Å²) in [6, 6.07) is 6.71. The van der Waals surface area contributed by atoms with Crippen molar-refractivity contribution in [2.75, 3.05) is 14.2 Å². The number of rotatable bonds is 3. The Kier molecular flexibility index (Phi) is 4.16. The van der Waals surface area contributed by atoms with Gasteiger partial charge in [0.15, 0.2) is 11.6 Å². The minimum absolute atomic E-state index is 0.252. The van der Waals surface area contributed by atoms with E-state index in [0.717, 1.165) is 13.2 Å². The van der Waals surface area contributed by atoms with Gasteiger partial charge in [0.1, 0.15) is 17.1 Å². The van der Waals surface area contributed by atoms with E-state index in [1.54, 1.807) is 0 Å². The van der Waals surface area contributed by atoms with Gasteiger partial charge in [-0.15, -0.1) is 0 Å². The van der Waals surface area contributed by atoms with Gasteiger partial charge in [0.2, 0.25) is 0 Å². The van der Waals surface area contributed by atoms with Gasteiger partial charge < -0.3 is 9.47 Å². The van der Waals surface area contributed by atoms with Crippen LogP contribution >= 0.6 is 0 Å². The summed E-state index contributed by atoms with van der Waals surface area (Å²) in [6.07, 6.45) is 0. The third-order valence-electron chi connectivity index (χ3n) is 2.95. The predicted molar refractivity (Wildman–Crippen MR) is 69.6 cm³/mol. The summed E-state index contributed by atoms with van der Waals surface area (Å²) in [4.78, 5) is 11.3. The number of ether oxygens (including phenoxy) is 2. The van der Waals surface area contributed by atoms with Crippen molar-refractivity contribution in [2.45, 2.75) is 0 Å². The molecule has 0 spiro atoms. The molecule has 0 N–H and O–H groups in total. The van der Waals surface area contributed by atoms with E-state index in [0.29, 0.717) is 5.75 Å². The third-order valence-corrected chi connectivity index (χ3v) is 2.95. The normalized spacial score (nSPS) is 10.3. The highest BCUT2D eigenvalue weighted by Crippen LogP contribution is 2.30. The Morgan fingerprint density at radius 2 is 1.62 bits per heavy atom. The molecule has 0 radical (unpaired) electrons. The van der Waals surface area contributed by atoms with Crippen LogP contribution in [0.1, 0.15) is 10.4 Å². The van der Waals surface area contributed by atoms with Crippen molar-refractivity contribution in [3.63, 3.8) is 0 Å². The molecule has 0 aliphatic carbocycles. The average Bonchev–Trinajstić information content (AvgIpc) is 2.51. The summed E-state index contributed by atoms with van der Waals surface area (Å²) < 4.78 is 50.9. The molecule has 2 aromatic rings. The number of carbonyl (C=O) groups is 1. The van der Waals surface area contributed by atoms with E-state index in [9.17, 15) is 18.0 Å². The van der Waals surface area contributed by atoms with Crippen molar-refractivity contribution < 1.29 is 27.4 Å². The molecule has 110 valence electrons. The summed E-state index contributed by atoms with van der Waals surface area (Å²) in [7, 11) is 2.41. The zero-order valence-corrected chi connectivity index (χ0v) is 11.2. The van der Waals surface area contributed by atoms with Crippen molar-refractivity contribution in [2.24, 2.45) is 0 Å². The van der Waals surface area contributed by atoms with E-state index in [2.05, 4.69) is 4.74 Å². The highest BCUT2D eigenvalue weighted by molar-refractivity contribution is 5.90. The van der Waals surface area contributed by atoms with E-state index in [1.807, 2.05) is 0 Å². The summed E-state index contributed by atoms with van der Waals surface area (Å²) in [6.45, 7) is 0. The molecule has 0 aromatic heterocycles. The largest absolute Gasteiger partial charge is 0.497 e. The number of esters is 1. The molecule has 0 saturated carbocycles. The van der Waals surface area contributed by atoms with Crippen molar-refractivity contribution in [3.05, 3.63) is 53.3 Å². The van der Waals surface area contributed by atoms with Crippen LogP contribution in [-0.2, 0) is 4.74 Å². The second-order valence-corrected chi connectivity index (χ2v) is 4.13. The lowest BCUT2D eigenvalue weighted by molar-refractivity contribution is 0.0588. The molecule has 0 unspecified atom stereocenters. The fraction of sp³-hybridized carbons (Fsp3) is 0.133. The van der Waals surface area contributed by atoms with Gasteiger partial charge in [0.05, 0.1) is 14.2 Å². The van der Waals surface area contributed by atoms with Gasteiger partial charge in [-0.25, -0.2) is 18.0 Å². The lowest BCUT2D eigenvalue weighted by Gasteiger charge is -2.09. The van der Waals surface area contributed by atoms with Gasteiger partial charge in [-0.2, -0.15) is 0 Å². The Labute approximate surface area is 118 Å². The molecule has 0 atom stereocenters. The van der Waals surface area contributed by atoms with Crippen LogP contribution in [0.5, 0.6) is 5.75 Å². The van der Waals surface area contributed by atoms with Crippen LogP contribution in [0.2, 0.25) is 0 Å². The molecular weight excluding hydrogens is 285 g/mol. The van der Waals surface area contributed by atoms with Gasteiger partial charge in [-0.1, -0.05) is 12.1 Å². The first-order chi connectivity index (χ1) is 9.99. The van der Waals surface area contributed by atoms with Crippen LogP contribution < -0.4 is 4.74 Å². The van der Waals surface area contributed by atoms with Crippen molar-refractivity contribution in [1.29, 1.82) is 0 Å². The van der Waals surface area contributed by atoms with Crippen LogP contribution in [0.15, 0.2) is 30.3 Å². The molecule has 0 saturated heterocycles. The maximum atomic E-state index is 14.0. The van der Waals surface area contributed by atoms with Gasteiger partial charge in [0.25, 0.3) is 0 Å². The second-order valence-electron chi connectivity index (χ2n) is 4.13. The van der Waals surface area contributed by atoms with Crippen LogP contribution in [0, 0.1) is 17.5 Å². The number of halogens is 3. The monoisotopic (exact) mass is 296 g/mol. The fourth-order valence-electron chi connectivity index (χ4n) is 1.86. The fourth-order valence-corrected chi connectivity index (χ4v) is 1.86. The van der Waals surface area contributed by atoms with Crippen LogP contribution in [-0.4, -0.2) is 20.2 Å². The second kappa shape index (κ2) is 5.87. The molecule has 2 aromatic carbocycles. The number of hydrogen-bond donors (Lipinski definition) is 0. The van der Waals surface area contributed by atoms with Crippen molar-refractivity contribution in [3.8, 4) is 16.9 Å². The Morgan fingerprint density at radius 3 is 2.14 bits per heavy atom. The van der Waals surface area contributed by atoms with E-state index < -0.39 is 29.0 Å². The minimum Gasteiger partial charge on any atom is -0.497 e. The molecule has 0 bridgehead atoms. The van der Waals surface area contributed by atoms with E-state index in [1.165, 1.54) is 31.4 Å². The zero-order valence-electron chi connectivity index (χ0n) is 11.2. The molecule has 6 heteroatoms. The summed E-state index contributed by atoms with van der Waals surface area (Å²) in [5.41, 5.74) is -1.09. The summed E-state index contributed by atoms with van der Waals surface area (Å²) in [5.74, 6) is -4.84. The Bertz CT molecular complexity index is 682. The van der Waals surface area contributed by atoms with Gasteiger partial charge in [-0.3, -0.25) is 0 Å². The van der Waals surface area contributed by atoms with Gasteiger partial charge in [-0.05, 0) is 23.8 Å². The van der Waals surface area contributed by atoms with Crippen molar-refractivity contribution in [1.82, 2.24) is 0 Å². The molecule has 0 aliphatic heterocycles. The van der Waals surface area contributed by atoms with Crippen LogP contribution in [0.25, 0.3) is 11.1 Å². The minimum atomic E-state index is -1.58. The average molecular weight is 296 g/mol. The number of methoxy groups -OCH3 is 2. The van der Waals surface area contributed by atoms with E-state index in [4.69, 9.17) is 4.74 Å². The maximum Gasteiger partial charge on any atom is 0.343 e. The highest BCUT2D eigenvalue weighted by Gasteiger charge is 2.25. The predicted octanol–water partition coefficient (Wildman–Crippen LogP) is 3.57. The van der Waals surface area contributed by atoms with E-state index >= 15 is 0 Å². The first-order valence-corrected chi connectivity index (χ1v) is 5.89. The first-order valence-electron chi connectivity index (χ1n) is 5.89. The lowest BCUT2D eigenvalue weighted by atomic mass is 10.0. The Hall–Kier alpha value is -2.50. The molecule has 2 rings (SSSR count). The summed E-state index contributed by atoms with van der Waals surface area (Å²) in [5, 5.41) is 0. The molecular formula is C15H11F3O3. The van der Waals surface area contributed by atoms with Gasteiger partial charge in [0, 0.05) is 5.56 Å². The lowest BCUT2D eigenvalue weighted by Crippen LogP contribution is -2.10. The molecule has 3 nitrogen and oxygen atoms in total. The quantitative estimate of drug-likeness (QED) is 0.641. The maximum absolute atomic E-state index is 14.0. The Morgan fingerprint density at radius 1 is 1.00 bits per heavy atom. The standard InChI is InChI=1S/C15H11F3O3/c1-20-9-5-3-8(4-6-9)10-7-11(16)12(15(19)21-2)14(18)13(10)17/h3-7H,1-2H3.